The molecule has 1 fully saturated rings. The zero-order valence-electron chi connectivity index (χ0n) is 18.4. The number of carbonyl (C=O) groups is 2. The molecule has 9 heteroatoms. The van der Waals surface area contributed by atoms with Crippen molar-refractivity contribution in [2.24, 2.45) is 7.05 Å². The van der Waals surface area contributed by atoms with Crippen molar-refractivity contribution in [2.75, 3.05) is 13.7 Å². The van der Waals surface area contributed by atoms with E-state index in [0.29, 0.717) is 35.9 Å². The lowest BCUT2D eigenvalue weighted by atomic mass is 10.1. The highest BCUT2D eigenvalue weighted by Gasteiger charge is 2.34. The minimum atomic E-state index is -0.255. The maximum Gasteiger partial charge on any atom is 0.272 e. The summed E-state index contributed by atoms with van der Waals surface area (Å²) in [4.78, 5) is 36.5. The molecule has 3 aromatic rings. The average molecular weight is 435 g/mol. The monoisotopic (exact) mass is 434 g/mol. The second-order valence-corrected chi connectivity index (χ2v) is 7.72. The molecule has 32 heavy (non-hydrogen) atoms. The first-order chi connectivity index (χ1) is 15.5. The normalized spacial score (nSPS) is 15.6. The molecule has 9 nitrogen and oxygen atoms in total. The molecule has 1 aliphatic heterocycles. The molecule has 0 aliphatic carbocycles. The van der Waals surface area contributed by atoms with Crippen molar-refractivity contribution in [1.29, 1.82) is 0 Å². The highest BCUT2D eigenvalue weighted by molar-refractivity contribution is 5.95. The van der Waals surface area contributed by atoms with Gasteiger partial charge in [-0.2, -0.15) is 5.10 Å². The van der Waals surface area contributed by atoms with E-state index in [1.807, 2.05) is 24.3 Å². The Hall–Kier alpha value is -3.75. The number of amides is 2. The molecule has 0 bridgehead atoms. The highest BCUT2D eigenvalue weighted by atomic mass is 16.5. The van der Waals surface area contributed by atoms with Gasteiger partial charge in [-0.1, -0.05) is 18.2 Å². The third-order valence-corrected chi connectivity index (χ3v) is 5.73. The Morgan fingerprint density at radius 1 is 1.25 bits per heavy atom. The van der Waals surface area contributed by atoms with Crippen LogP contribution in [0.15, 0.2) is 42.7 Å². The summed E-state index contributed by atoms with van der Waals surface area (Å²) < 4.78 is 6.90. The largest absolute Gasteiger partial charge is 0.496 e. The molecule has 0 radical (unpaired) electrons. The minimum absolute atomic E-state index is 0.0904. The van der Waals surface area contributed by atoms with Gasteiger partial charge in [0.15, 0.2) is 5.82 Å². The van der Waals surface area contributed by atoms with Gasteiger partial charge in [0, 0.05) is 38.1 Å². The Kier molecular flexibility index (Phi) is 6.16. The fourth-order valence-corrected chi connectivity index (χ4v) is 4.00. The average Bonchev–Trinajstić information content (AvgIpc) is 3.46. The number of rotatable bonds is 6. The van der Waals surface area contributed by atoms with Crippen LogP contribution >= 0.6 is 0 Å². The first kappa shape index (κ1) is 21.5. The predicted molar refractivity (Wildman–Crippen MR) is 117 cm³/mol. The van der Waals surface area contributed by atoms with Gasteiger partial charge in [0.05, 0.1) is 24.4 Å². The van der Waals surface area contributed by atoms with Crippen molar-refractivity contribution in [3.63, 3.8) is 0 Å². The third kappa shape index (κ3) is 4.18. The van der Waals surface area contributed by atoms with Crippen LogP contribution in [0, 0.1) is 6.92 Å². The van der Waals surface area contributed by atoms with Gasteiger partial charge in [-0.15, -0.1) is 0 Å². The Labute approximate surface area is 186 Å². The zero-order chi connectivity index (χ0) is 22.7. The molecule has 1 N–H and O–H groups in total. The summed E-state index contributed by atoms with van der Waals surface area (Å²) in [5, 5.41) is 6.99. The zero-order valence-corrected chi connectivity index (χ0v) is 18.4. The minimum Gasteiger partial charge on any atom is -0.496 e. The van der Waals surface area contributed by atoms with Gasteiger partial charge >= 0.3 is 0 Å². The lowest BCUT2D eigenvalue weighted by Crippen LogP contribution is -2.33. The smallest absolute Gasteiger partial charge is 0.272 e. The number of ether oxygens (including phenoxy) is 1. The van der Waals surface area contributed by atoms with Gasteiger partial charge in [0.25, 0.3) is 11.8 Å². The van der Waals surface area contributed by atoms with Crippen molar-refractivity contribution in [1.82, 2.24) is 30.0 Å². The fraction of sp³-hybridized carbons (Fsp3) is 0.348. The van der Waals surface area contributed by atoms with E-state index in [1.165, 1.54) is 0 Å². The van der Waals surface area contributed by atoms with Crippen molar-refractivity contribution < 1.29 is 14.3 Å². The number of aromatic nitrogens is 4. The van der Waals surface area contributed by atoms with Crippen LogP contribution in [-0.4, -0.2) is 50.1 Å². The number of carbonyl (C=O) groups excluding carboxylic acids is 2. The molecule has 0 spiro atoms. The molecule has 4 rings (SSSR count). The van der Waals surface area contributed by atoms with Crippen molar-refractivity contribution in [2.45, 2.75) is 32.4 Å². The molecular weight excluding hydrogens is 408 g/mol. The van der Waals surface area contributed by atoms with Gasteiger partial charge in [0.1, 0.15) is 11.4 Å². The van der Waals surface area contributed by atoms with E-state index in [9.17, 15) is 9.59 Å². The van der Waals surface area contributed by atoms with Crippen molar-refractivity contribution in [3.05, 3.63) is 71.1 Å². The maximum atomic E-state index is 13.0. The quantitative estimate of drug-likeness (QED) is 0.639. The molecule has 166 valence electrons. The van der Waals surface area contributed by atoms with E-state index in [4.69, 9.17) is 4.74 Å². The lowest BCUT2D eigenvalue weighted by Gasteiger charge is -2.24. The molecule has 1 saturated heterocycles. The van der Waals surface area contributed by atoms with E-state index >= 15 is 0 Å². The second-order valence-electron chi connectivity index (χ2n) is 7.72. The van der Waals surface area contributed by atoms with Crippen LogP contribution in [0.2, 0.25) is 0 Å². The first-order valence-corrected chi connectivity index (χ1v) is 10.5. The number of methoxy groups -OCH3 is 1. The highest BCUT2D eigenvalue weighted by Crippen LogP contribution is 2.31. The molecule has 1 atom stereocenters. The standard InChI is InChI=1S/C23H26N6O3/c1-15-17(22(30)25-13-16-7-4-5-9-20(16)32-3)14-24-21(27-15)18-8-6-12-29(18)23(31)19-10-11-26-28(19)2/h4-5,7,9-11,14,18H,6,8,12-13H2,1-3H3,(H,25,30)/t18-/m1/s1. The number of para-hydroxylation sites is 1. The summed E-state index contributed by atoms with van der Waals surface area (Å²) in [5.41, 5.74) is 2.40. The summed E-state index contributed by atoms with van der Waals surface area (Å²) in [6, 6.07) is 9.02. The van der Waals surface area contributed by atoms with Crippen LogP contribution in [-0.2, 0) is 13.6 Å². The van der Waals surface area contributed by atoms with E-state index in [-0.39, 0.29) is 17.9 Å². The van der Waals surface area contributed by atoms with Gasteiger partial charge in [-0.25, -0.2) is 9.97 Å². The molecule has 0 saturated carbocycles. The van der Waals surface area contributed by atoms with Gasteiger partial charge < -0.3 is 15.0 Å². The summed E-state index contributed by atoms with van der Waals surface area (Å²) in [6.45, 7) is 2.75. The molecular formula is C23H26N6O3. The van der Waals surface area contributed by atoms with Gasteiger partial charge in [-0.05, 0) is 31.9 Å². The van der Waals surface area contributed by atoms with Crippen LogP contribution < -0.4 is 10.1 Å². The summed E-state index contributed by atoms with van der Waals surface area (Å²) in [7, 11) is 3.35. The number of nitrogens with zero attached hydrogens (tertiary/aromatic N) is 5. The fourth-order valence-electron chi connectivity index (χ4n) is 4.00. The summed E-state index contributed by atoms with van der Waals surface area (Å²) >= 11 is 0. The topological polar surface area (TPSA) is 102 Å². The Bertz CT molecular complexity index is 1140. The second kappa shape index (κ2) is 9.17. The molecule has 2 aromatic heterocycles. The number of aryl methyl sites for hydroxylation is 2. The number of nitrogens with one attached hydrogen (secondary N) is 1. The van der Waals surface area contributed by atoms with E-state index in [2.05, 4.69) is 20.4 Å². The van der Waals surface area contributed by atoms with Crippen LogP contribution in [0.5, 0.6) is 5.75 Å². The number of hydrogen-bond donors (Lipinski definition) is 1. The SMILES string of the molecule is COc1ccccc1CNC(=O)c1cnc([C@H]2CCCN2C(=O)c2ccnn2C)nc1C. The number of hydrogen-bond acceptors (Lipinski definition) is 6. The van der Waals surface area contributed by atoms with Crippen LogP contribution in [0.1, 0.15) is 56.8 Å². The predicted octanol–water partition coefficient (Wildman–Crippen LogP) is 2.43. The Balaban J connectivity index is 1.48. The molecule has 0 unspecified atom stereocenters. The maximum absolute atomic E-state index is 13.0. The first-order valence-electron chi connectivity index (χ1n) is 10.5. The van der Waals surface area contributed by atoms with Gasteiger partial charge in [-0.3, -0.25) is 14.3 Å². The third-order valence-electron chi connectivity index (χ3n) is 5.73. The van der Waals surface area contributed by atoms with Crippen molar-refractivity contribution in [3.8, 4) is 5.75 Å². The number of benzene rings is 1. The molecule has 1 aliphatic rings. The van der Waals surface area contributed by atoms with E-state index in [1.54, 1.807) is 49.1 Å². The van der Waals surface area contributed by atoms with Crippen LogP contribution in [0.4, 0.5) is 0 Å². The Morgan fingerprint density at radius 3 is 2.78 bits per heavy atom. The van der Waals surface area contributed by atoms with Crippen LogP contribution in [0.25, 0.3) is 0 Å². The lowest BCUT2D eigenvalue weighted by molar-refractivity contribution is 0.0717. The molecule has 3 heterocycles. The van der Waals surface area contributed by atoms with Crippen molar-refractivity contribution >= 4 is 11.8 Å². The Morgan fingerprint density at radius 2 is 2.06 bits per heavy atom. The number of likely N-dealkylation sites (tertiary alicyclic amines) is 1. The molecule has 1 aromatic carbocycles. The van der Waals surface area contributed by atoms with Gasteiger partial charge in [0.2, 0.25) is 0 Å². The summed E-state index contributed by atoms with van der Waals surface area (Å²) in [5.74, 6) is 0.925. The van der Waals surface area contributed by atoms with Crippen LogP contribution in [0.3, 0.4) is 0 Å². The molecule has 2 amide bonds. The van der Waals surface area contributed by atoms with E-state index < -0.39 is 0 Å². The van der Waals surface area contributed by atoms with E-state index in [0.717, 1.165) is 24.2 Å². The summed E-state index contributed by atoms with van der Waals surface area (Å²) in [6.07, 6.45) is 4.80.